The van der Waals surface area contributed by atoms with E-state index in [4.69, 9.17) is 16.3 Å². The number of aromatic nitrogens is 3. The van der Waals surface area contributed by atoms with E-state index in [9.17, 15) is 9.59 Å². The van der Waals surface area contributed by atoms with E-state index in [1.165, 1.54) is 17.3 Å². The van der Waals surface area contributed by atoms with E-state index in [2.05, 4.69) is 21.6 Å². The Morgan fingerprint density at radius 1 is 1.00 bits per heavy atom. The van der Waals surface area contributed by atoms with Crippen molar-refractivity contribution in [3.05, 3.63) is 95.3 Å². The second kappa shape index (κ2) is 12.1. The molecular weight excluding hydrogens is 522 g/mol. The molecule has 1 N–H and O–H groups in total. The molecule has 0 atom stereocenters. The van der Waals surface area contributed by atoms with Gasteiger partial charge in [0.1, 0.15) is 5.75 Å². The fourth-order valence-corrected chi connectivity index (χ4v) is 5.31. The quantitative estimate of drug-likeness (QED) is 0.306. The highest BCUT2D eigenvalue weighted by atomic mass is 35.5. The van der Waals surface area contributed by atoms with Gasteiger partial charge in [0.15, 0.2) is 17.6 Å². The summed E-state index contributed by atoms with van der Waals surface area (Å²) in [5.41, 5.74) is 2.90. The molecule has 2 heterocycles. The van der Waals surface area contributed by atoms with Gasteiger partial charge in [-0.3, -0.25) is 14.2 Å². The van der Waals surface area contributed by atoms with Gasteiger partial charge in [-0.15, -0.1) is 10.2 Å². The number of thioether (sulfide) groups is 1. The fourth-order valence-electron chi connectivity index (χ4n) is 4.27. The van der Waals surface area contributed by atoms with Gasteiger partial charge in [-0.2, -0.15) is 0 Å². The smallest absolute Gasteiger partial charge is 0.258 e. The number of benzene rings is 3. The zero-order chi connectivity index (χ0) is 26.3. The van der Waals surface area contributed by atoms with Crippen molar-refractivity contribution < 1.29 is 14.3 Å². The molecule has 38 heavy (non-hydrogen) atoms. The highest BCUT2D eigenvalue weighted by Gasteiger charge is 2.24. The van der Waals surface area contributed by atoms with Gasteiger partial charge in [-0.25, -0.2) is 0 Å². The Morgan fingerprint density at radius 3 is 2.66 bits per heavy atom. The lowest BCUT2D eigenvalue weighted by atomic mass is 10.0. The summed E-state index contributed by atoms with van der Waals surface area (Å²) in [4.78, 5) is 27.5. The van der Waals surface area contributed by atoms with Gasteiger partial charge in [0, 0.05) is 17.3 Å². The van der Waals surface area contributed by atoms with E-state index in [0.29, 0.717) is 28.3 Å². The van der Waals surface area contributed by atoms with Crippen LogP contribution in [0.4, 0.5) is 5.69 Å². The lowest BCUT2D eigenvalue weighted by Crippen LogP contribution is -2.36. The molecule has 1 aliphatic heterocycles. The highest BCUT2D eigenvalue weighted by Crippen LogP contribution is 2.29. The Balaban J connectivity index is 1.29. The van der Waals surface area contributed by atoms with Crippen LogP contribution in [0.15, 0.2) is 84.0 Å². The maximum Gasteiger partial charge on any atom is 0.258 e. The Kier molecular flexibility index (Phi) is 8.25. The number of para-hydroxylation sites is 2. The van der Waals surface area contributed by atoms with Crippen LogP contribution >= 0.6 is 23.4 Å². The number of anilines is 1. The third-order valence-corrected chi connectivity index (χ3v) is 7.21. The fraction of sp³-hybridized carbons (Fsp3) is 0.214. The molecule has 4 aromatic rings. The summed E-state index contributed by atoms with van der Waals surface area (Å²) >= 11 is 7.57. The van der Waals surface area contributed by atoms with Gasteiger partial charge in [0.25, 0.3) is 5.91 Å². The monoisotopic (exact) mass is 547 g/mol. The van der Waals surface area contributed by atoms with Crippen molar-refractivity contribution in [2.45, 2.75) is 24.5 Å². The number of nitrogens with zero attached hydrogens (tertiary/aromatic N) is 4. The third-order valence-electron chi connectivity index (χ3n) is 6.06. The third kappa shape index (κ3) is 6.17. The molecule has 8 nitrogen and oxygen atoms in total. The van der Waals surface area contributed by atoms with Crippen LogP contribution in [0.3, 0.4) is 0 Å². The molecule has 0 fully saturated rings. The zero-order valence-corrected chi connectivity index (χ0v) is 22.1. The van der Waals surface area contributed by atoms with Crippen LogP contribution in [-0.4, -0.2) is 45.5 Å². The standard InChI is InChI=1S/C28H26ClN5O3S/c29-21-10-6-11-22(16-21)34-25(17-30-26(35)18-37-23-12-2-1-3-13-23)31-32-28(34)38-19-27(36)33-15-7-9-20-8-4-5-14-24(20)33/h1-6,8,10-14,16H,7,9,15,17-19H2,(H,30,35). The number of ether oxygens (including phenoxy) is 1. The zero-order valence-electron chi connectivity index (χ0n) is 20.5. The first kappa shape index (κ1) is 25.8. The minimum atomic E-state index is -0.289. The van der Waals surface area contributed by atoms with Crippen molar-refractivity contribution in [2.24, 2.45) is 0 Å². The SMILES string of the molecule is O=C(COc1ccccc1)NCc1nnc(SCC(=O)N2CCCc3ccccc32)n1-c1cccc(Cl)c1. The predicted octanol–water partition coefficient (Wildman–Crippen LogP) is 4.69. The molecule has 5 rings (SSSR count). The summed E-state index contributed by atoms with van der Waals surface area (Å²) in [6, 6.07) is 24.5. The highest BCUT2D eigenvalue weighted by molar-refractivity contribution is 7.99. The molecule has 194 valence electrons. The summed E-state index contributed by atoms with van der Waals surface area (Å²) in [7, 11) is 0. The largest absolute Gasteiger partial charge is 0.484 e. The average molecular weight is 548 g/mol. The van der Waals surface area contributed by atoms with Crippen molar-refractivity contribution >= 4 is 40.9 Å². The van der Waals surface area contributed by atoms with Crippen molar-refractivity contribution in [1.29, 1.82) is 0 Å². The minimum Gasteiger partial charge on any atom is -0.484 e. The maximum absolute atomic E-state index is 13.2. The molecule has 0 radical (unpaired) electrons. The number of amides is 2. The van der Waals surface area contributed by atoms with E-state index in [-0.39, 0.29) is 30.7 Å². The normalized spacial score (nSPS) is 12.6. The molecule has 0 bridgehead atoms. The first-order chi connectivity index (χ1) is 18.6. The number of nitrogens with one attached hydrogen (secondary N) is 1. The number of fused-ring (bicyclic) bond motifs is 1. The van der Waals surface area contributed by atoms with Gasteiger partial charge in [-0.1, -0.05) is 65.8 Å². The van der Waals surface area contributed by atoms with Gasteiger partial charge in [0.2, 0.25) is 5.91 Å². The number of rotatable bonds is 9. The van der Waals surface area contributed by atoms with E-state index in [0.717, 1.165) is 24.2 Å². The average Bonchev–Trinajstić information content (AvgIpc) is 3.36. The summed E-state index contributed by atoms with van der Waals surface area (Å²) in [5.74, 6) is 1.05. The summed E-state index contributed by atoms with van der Waals surface area (Å²) in [6.07, 6.45) is 1.91. The molecule has 3 aromatic carbocycles. The van der Waals surface area contributed by atoms with Crippen LogP contribution in [-0.2, 0) is 22.6 Å². The number of carbonyl (C=O) groups is 2. The molecule has 0 spiro atoms. The lowest BCUT2D eigenvalue weighted by molar-refractivity contribution is -0.123. The van der Waals surface area contributed by atoms with Gasteiger partial charge >= 0.3 is 0 Å². The van der Waals surface area contributed by atoms with E-state index in [1.807, 2.05) is 58.0 Å². The maximum atomic E-state index is 13.2. The summed E-state index contributed by atoms with van der Waals surface area (Å²) in [6.45, 7) is 0.701. The Labute approximate surface area is 230 Å². The van der Waals surface area contributed by atoms with Crippen LogP contribution in [0.25, 0.3) is 5.69 Å². The molecule has 2 amide bonds. The van der Waals surface area contributed by atoms with Crippen molar-refractivity contribution in [1.82, 2.24) is 20.1 Å². The molecule has 0 unspecified atom stereocenters. The summed E-state index contributed by atoms with van der Waals surface area (Å²) < 4.78 is 7.33. The molecule has 0 aliphatic carbocycles. The first-order valence-electron chi connectivity index (χ1n) is 12.2. The van der Waals surface area contributed by atoms with Crippen molar-refractivity contribution in [3.8, 4) is 11.4 Å². The molecular formula is C28H26ClN5O3S. The van der Waals surface area contributed by atoms with Crippen LogP contribution in [0.5, 0.6) is 5.75 Å². The van der Waals surface area contributed by atoms with Crippen LogP contribution in [0, 0.1) is 0 Å². The van der Waals surface area contributed by atoms with E-state index >= 15 is 0 Å². The topological polar surface area (TPSA) is 89.3 Å². The van der Waals surface area contributed by atoms with Crippen LogP contribution in [0.2, 0.25) is 5.02 Å². The lowest BCUT2D eigenvalue weighted by Gasteiger charge is -2.29. The van der Waals surface area contributed by atoms with Crippen LogP contribution in [0.1, 0.15) is 17.8 Å². The number of aryl methyl sites for hydroxylation is 1. The Hall–Kier alpha value is -3.82. The van der Waals surface area contributed by atoms with Crippen molar-refractivity contribution in [3.63, 3.8) is 0 Å². The number of carbonyl (C=O) groups excluding carboxylic acids is 2. The Morgan fingerprint density at radius 2 is 1.82 bits per heavy atom. The molecule has 10 heteroatoms. The van der Waals surface area contributed by atoms with Crippen LogP contribution < -0.4 is 15.0 Å². The molecule has 0 saturated carbocycles. The Bertz CT molecular complexity index is 1430. The second-order valence-electron chi connectivity index (χ2n) is 8.66. The minimum absolute atomic E-state index is 0.00991. The number of hydrogen-bond acceptors (Lipinski definition) is 6. The molecule has 0 saturated heterocycles. The van der Waals surface area contributed by atoms with Gasteiger partial charge in [-0.05, 0) is 54.8 Å². The van der Waals surface area contributed by atoms with E-state index in [1.54, 1.807) is 24.3 Å². The summed E-state index contributed by atoms with van der Waals surface area (Å²) in [5, 5.41) is 12.6. The second-order valence-corrected chi connectivity index (χ2v) is 10.0. The number of halogens is 1. The predicted molar refractivity (Wildman–Crippen MR) is 148 cm³/mol. The first-order valence-corrected chi connectivity index (χ1v) is 13.6. The van der Waals surface area contributed by atoms with Gasteiger partial charge < -0.3 is 15.0 Å². The van der Waals surface area contributed by atoms with Crippen molar-refractivity contribution in [2.75, 3.05) is 23.8 Å². The van der Waals surface area contributed by atoms with Gasteiger partial charge in [0.05, 0.1) is 18.0 Å². The molecule has 1 aromatic heterocycles. The molecule has 1 aliphatic rings. The number of hydrogen-bond donors (Lipinski definition) is 1. The van der Waals surface area contributed by atoms with E-state index < -0.39 is 0 Å².